The maximum absolute atomic E-state index is 12.3. The number of ether oxygens (including phenoxy) is 1. The Labute approximate surface area is 117 Å². The zero-order valence-electron chi connectivity index (χ0n) is 11.4. The Hall–Kier alpha value is -1.73. The minimum Gasteiger partial charge on any atom is -0.378 e. The highest BCUT2D eigenvalue weighted by molar-refractivity contribution is 5.82. The number of hydrogen-bond acceptors (Lipinski definition) is 6. The van der Waals surface area contributed by atoms with Gasteiger partial charge in [0, 0.05) is 45.1 Å². The van der Waals surface area contributed by atoms with Crippen LogP contribution in [0.15, 0.2) is 18.5 Å². The Balaban J connectivity index is 1.54. The lowest BCUT2D eigenvalue weighted by molar-refractivity contribution is -0.136. The summed E-state index contributed by atoms with van der Waals surface area (Å²) >= 11 is 0. The van der Waals surface area contributed by atoms with Crippen molar-refractivity contribution in [2.75, 3.05) is 50.8 Å². The van der Waals surface area contributed by atoms with Crippen LogP contribution in [0.2, 0.25) is 0 Å². The van der Waals surface area contributed by atoms with Gasteiger partial charge in [-0.15, -0.1) is 0 Å². The molecule has 0 saturated carbocycles. The van der Waals surface area contributed by atoms with Crippen molar-refractivity contribution in [1.29, 1.82) is 0 Å². The first-order valence-corrected chi connectivity index (χ1v) is 6.96. The molecule has 0 bridgehead atoms. The molecule has 0 aromatic carbocycles. The summed E-state index contributed by atoms with van der Waals surface area (Å²) in [6, 6.07) is 1.61. The minimum atomic E-state index is -0.191. The second-order valence-electron chi connectivity index (χ2n) is 4.94. The van der Waals surface area contributed by atoms with Crippen LogP contribution >= 0.6 is 0 Å². The molecule has 3 rings (SSSR count). The molecule has 1 unspecified atom stereocenters. The third kappa shape index (κ3) is 2.88. The molecule has 0 aliphatic carbocycles. The molecule has 7 nitrogen and oxygen atoms in total. The highest BCUT2D eigenvalue weighted by Gasteiger charge is 2.29. The number of carbonyl (C=O) groups is 1. The standard InChI is InChI=1S/C13H19N5O2/c19-12(11-10-20-9-4-14-11)17-5-7-18(8-6-17)13-15-2-1-3-16-13/h1-3,11,14H,4-10H2. The van der Waals surface area contributed by atoms with Crippen LogP contribution in [-0.4, -0.2) is 72.8 Å². The van der Waals surface area contributed by atoms with Crippen LogP contribution in [0.5, 0.6) is 0 Å². The fourth-order valence-corrected chi connectivity index (χ4v) is 2.53. The molecular weight excluding hydrogens is 258 g/mol. The molecule has 108 valence electrons. The molecule has 1 aromatic rings. The summed E-state index contributed by atoms with van der Waals surface area (Å²) < 4.78 is 5.34. The van der Waals surface area contributed by atoms with Gasteiger partial charge >= 0.3 is 0 Å². The zero-order chi connectivity index (χ0) is 13.8. The van der Waals surface area contributed by atoms with Crippen molar-refractivity contribution >= 4 is 11.9 Å². The van der Waals surface area contributed by atoms with E-state index in [4.69, 9.17) is 4.74 Å². The van der Waals surface area contributed by atoms with Crippen LogP contribution in [0.3, 0.4) is 0 Å². The molecule has 20 heavy (non-hydrogen) atoms. The van der Waals surface area contributed by atoms with Crippen LogP contribution in [-0.2, 0) is 9.53 Å². The molecule has 0 spiro atoms. The van der Waals surface area contributed by atoms with E-state index >= 15 is 0 Å². The fourth-order valence-electron chi connectivity index (χ4n) is 2.53. The van der Waals surface area contributed by atoms with Gasteiger partial charge in [0.2, 0.25) is 11.9 Å². The first kappa shape index (κ1) is 13.3. The van der Waals surface area contributed by atoms with E-state index in [1.54, 1.807) is 18.5 Å². The van der Waals surface area contributed by atoms with Crippen molar-refractivity contribution in [3.05, 3.63) is 18.5 Å². The van der Waals surface area contributed by atoms with Gasteiger partial charge in [-0.3, -0.25) is 4.79 Å². The molecule has 0 radical (unpaired) electrons. The van der Waals surface area contributed by atoms with Gasteiger partial charge in [-0.1, -0.05) is 0 Å². The summed E-state index contributed by atoms with van der Waals surface area (Å²) in [5, 5.41) is 3.20. The van der Waals surface area contributed by atoms with E-state index in [-0.39, 0.29) is 11.9 Å². The van der Waals surface area contributed by atoms with E-state index < -0.39 is 0 Å². The maximum Gasteiger partial charge on any atom is 0.242 e. The summed E-state index contributed by atoms with van der Waals surface area (Å²) in [5.74, 6) is 0.872. The number of carbonyl (C=O) groups excluding carboxylic acids is 1. The van der Waals surface area contributed by atoms with Crippen molar-refractivity contribution in [1.82, 2.24) is 20.2 Å². The number of amides is 1. The largest absolute Gasteiger partial charge is 0.378 e. The second kappa shape index (κ2) is 6.15. The monoisotopic (exact) mass is 277 g/mol. The lowest BCUT2D eigenvalue weighted by Crippen LogP contribution is -2.57. The number of hydrogen-bond donors (Lipinski definition) is 1. The summed E-state index contributed by atoms with van der Waals surface area (Å²) in [7, 11) is 0. The number of nitrogens with zero attached hydrogens (tertiary/aromatic N) is 4. The van der Waals surface area contributed by atoms with Crippen LogP contribution in [0.25, 0.3) is 0 Å². The molecule has 1 amide bonds. The van der Waals surface area contributed by atoms with Gasteiger partial charge in [-0.2, -0.15) is 0 Å². The highest BCUT2D eigenvalue weighted by Crippen LogP contribution is 2.11. The number of morpholine rings is 1. The third-order valence-corrected chi connectivity index (χ3v) is 3.65. The molecule has 2 saturated heterocycles. The first-order valence-electron chi connectivity index (χ1n) is 6.96. The Morgan fingerprint density at radius 3 is 2.65 bits per heavy atom. The maximum atomic E-state index is 12.3. The van der Waals surface area contributed by atoms with E-state index in [9.17, 15) is 4.79 Å². The van der Waals surface area contributed by atoms with Crippen LogP contribution < -0.4 is 10.2 Å². The van der Waals surface area contributed by atoms with E-state index in [1.807, 2.05) is 4.90 Å². The molecule has 2 aliphatic rings. The van der Waals surface area contributed by atoms with Crippen molar-refractivity contribution in [2.24, 2.45) is 0 Å². The Bertz CT molecular complexity index is 441. The van der Waals surface area contributed by atoms with Gasteiger partial charge in [0.15, 0.2) is 0 Å². The normalized spacial score (nSPS) is 23.7. The lowest BCUT2D eigenvalue weighted by Gasteiger charge is -2.37. The fraction of sp³-hybridized carbons (Fsp3) is 0.615. The van der Waals surface area contributed by atoms with Crippen LogP contribution in [0, 0.1) is 0 Å². The quantitative estimate of drug-likeness (QED) is 0.756. The lowest BCUT2D eigenvalue weighted by atomic mass is 10.2. The first-order chi connectivity index (χ1) is 9.84. The van der Waals surface area contributed by atoms with E-state index in [0.717, 1.165) is 25.6 Å². The van der Waals surface area contributed by atoms with Gasteiger partial charge in [-0.25, -0.2) is 9.97 Å². The molecule has 1 atom stereocenters. The average molecular weight is 277 g/mol. The number of piperazine rings is 1. The van der Waals surface area contributed by atoms with Gasteiger partial charge < -0.3 is 19.9 Å². The van der Waals surface area contributed by atoms with Crippen LogP contribution in [0.1, 0.15) is 0 Å². The SMILES string of the molecule is O=C(C1COCCN1)N1CCN(c2ncccn2)CC1. The average Bonchev–Trinajstić information content (AvgIpc) is 2.56. The summed E-state index contributed by atoms with van der Waals surface area (Å²) in [5.41, 5.74) is 0. The van der Waals surface area contributed by atoms with E-state index in [1.165, 1.54) is 0 Å². The predicted molar refractivity (Wildman–Crippen MR) is 73.4 cm³/mol. The van der Waals surface area contributed by atoms with E-state index in [2.05, 4.69) is 20.2 Å². The minimum absolute atomic E-state index is 0.137. The zero-order valence-corrected chi connectivity index (χ0v) is 11.4. The number of anilines is 1. The predicted octanol–water partition coefficient (Wildman–Crippen LogP) is -0.886. The van der Waals surface area contributed by atoms with Gasteiger partial charge in [0.1, 0.15) is 6.04 Å². The second-order valence-corrected chi connectivity index (χ2v) is 4.94. The molecule has 2 aliphatic heterocycles. The van der Waals surface area contributed by atoms with Crippen molar-refractivity contribution < 1.29 is 9.53 Å². The Morgan fingerprint density at radius 2 is 2.00 bits per heavy atom. The van der Waals surface area contributed by atoms with Gasteiger partial charge in [0.25, 0.3) is 0 Å². The van der Waals surface area contributed by atoms with Gasteiger partial charge in [-0.05, 0) is 6.07 Å². The molecule has 1 aromatic heterocycles. The Kier molecular flexibility index (Phi) is 4.08. The van der Waals surface area contributed by atoms with Crippen molar-refractivity contribution in [3.8, 4) is 0 Å². The summed E-state index contributed by atoms with van der Waals surface area (Å²) in [6.45, 7) is 4.84. The summed E-state index contributed by atoms with van der Waals surface area (Å²) in [6.07, 6.45) is 3.48. The van der Waals surface area contributed by atoms with Crippen molar-refractivity contribution in [3.63, 3.8) is 0 Å². The smallest absolute Gasteiger partial charge is 0.242 e. The Morgan fingerprint density at radius 1 is 1.25 bits per heavy atom. The molecule has 1 N–H and O–H groups in total. The van der Waals surface area contributed by atoms with E-state index in [0.29, 0.717) is 26.3 Å². The number of nitrogens with one attached hydrogen (secondary N) is 1. The third-order valence-electron chi connectivity index (χ3n) is 3.65. The summed E-state index contributed by atoms with van der Waals surface area (Å²) in [4.78, 5) is 24.8. The molecule has 7 heteroatoms. The number of rotatable bonds is 2. The number of aromatic nitrogens is 2. The molecule has 2 fully saturated rings. The van der Waals surface area contributed by atoms with Crippen molar-refractivity contribution in [2.45, 2.75) is 6.04 Å². The van der Waals surface area contributed by atoms with Gasteiger partial charge in [0.05, 0.1) is 13.2 Å². The van der Waals surface area contributed by atoms with Crippen LogP contribution in [0.4, 0.5) is 5.95 Å². The molecule has 3 heterocycles. The highest BCUT2D eigenvalue weighted by atomic mass is 16.5. The molecular formula is C13H19N5O2. The topological polar surface area (TPSA) is 70.6 Å².